The quantitative estimate of drug-likeness (QED) is 0.122. The third kappa shape index (κ3) is 7.28. The fourth-order valence-corrected chi connectivity index (χ4v) is 5.35. The Kier molecular flexibility index (Phi) is 9.29. The van der Waals surface area contributed by atoms with Gasteiger partial charge in [0.05, 0.1) is 0 Å². The largest absolute Gasteiger partial charge is 0.857 e. The van der Waals surface area contributed by atoms with Gasteiger partial charge in [-0.25, -0.2) is 14.3 Å². The highest BCUT2D eigenvalue weighted by Crippen LogP contribution is 2.38. The van der Waals surface area contributed by atoms with Crippen molar-refractivity contribution in [1.82, 2.24) is 9.88 Å². The van der Waals surface area contributed by atoms with E-state index < -0.39 is 29.1 Å². The maximum Gasteiger partial charge on any atom is 0.353 e. The number of pyridine rings is 1. The molecule has 2 aliphatic heterocycles. The lowest BCUT2D eigenvalue weighted by atomic mass is 10.1. The van der Waals surface area contributed by atoms with Crippen molar-refractivity contribution in [3.05, 3.63) is 53.4 Å². The van der Waals surface area contributed by atoms with Gasteiger partial charge in [-0.3, -0.25) is 9.79 Å². The minimum Gasteiger partial charge on any atom is -0.857 e. The highest BCUT2D eigenvalue weighted by molar-refractivity contribution is 8.00. The average Bonchev–Trinajstić information content (AvgIpc) is 3.28. The van der Waals surface area contributed by atoms with E-state index in [2.05, 4.69) is 15.1 Å². The van der Waals surface area contributed by atoms with Crippen molar-refractivity contribution in [2.45, 2.75) is 63.8 Å². The molecule has 2 aromatic heterocycles. The van der Waals surface area contributed by atoms with Crippen LogP contribution < -0.4 is 15.4 Å². The molecule has 0 saturated carbocycles. The zero-order valence-electron chi connectivity index (χ0n) is 22.2. The highest BCUT2D eigenvalue weighted by Gasteiger charge is 2.49. The number of anilines is 1. The van der Waals surface area contributed by atoms with Crippen LogP contribution in [-0.2, 0) is 25.7 Å². The lowest BCUT2D eigenvalue weighted by Crippen LogP contribution is -2.62. The van der Waals surface area contributed by atoms with Crippen molar-refractivity contribution in [3.63, 3.8) is 0 Å². The van der Waals surface area contributed by atoms with E-state index in [1.165, 1.54) is 19.2 Å². The first-order valence-electron chi connectivity index (χ1n) is 11.9. The summed E-state index contributed by atoms with van der Waals surface area (Å²) in [7, 11) is 0. The van der Waals surface area contributed by atoms with Crippen LogP contribution in [0.25, 0.3) is 0 Å². The maximum atomic E-state index is 13.2. The van der Waals surface area contributed by atoms with E-state index in [-0.39, 0.29) is 40.2 Å². The summed E-state index contributed by atoms with van der Waals surface area (Å²) in [4.78, 5) is 40.8. The number of aromatic nitrogens is 2. The Hall–Kier alpha value is -3.16. The van der Waals surface area contributed by atoms with E-state index in [9.17, 15) is 14.7 Å². The van der Waals surface area contributed by atoms with Crippen LogP contribution in [0.15, 0.2) is 57.9 Å². The lowest BCUT2D eigenvalue weighted by molar-refractivity contribution is -0.689. The molecule has 39 heavy (non-hydrogen) atoms. The molecule has 2 N–H and O–H groups in total. The van der Waals surface area contributed by atoms with Gasteiger partial charge in [0.25, 0.3) is 5.91 Å². The molecule has 4 rings (SSSR count). The molecule has 0 aromatic carbocycles. The SMILES string of the molecule is CC(C)(C)OC(=O)C(C)(C)O/N=C(/C([O-])=NC1C(=O)N2C=C(C[n+]3ccccc3)CSC12)c1csc(N)n1.Cl. The summed E-state index contributed by atoms with van der Waals surface area (Å²) in [6.45, 7) is 8.81. The normalized spacial score (nSPS) is 19.9. The van der Waals surface area contributed by atoms with Gasteiger partial charge in [-0.05, 0) is 34.6 Å². The number of fused-ring (bicyclic) bond motifs is 1. The molecular formula is C25H31ClN6O5S2. The molecule has 0 aliphatic carbocycles. The number of β-lactam (4-membered cyclic amide) rings is 1. The lowest BCUT2D eigenvalue weighted by Gasteiger charge is -2.45. The minimum atomic E-state index is -1.50. The number of thiazole rings is 1. The van der Waals surface area contributed by atoms with Gasteiger partial charge in [0.15, 0.2) is 30.1 Å². The number of carbonyl (C=O) groups excluding carboxylic acids is 2. The predicted octanol–water partition coefficient (Wildman–Crippen LogP) is 1.90. The van der Waals surface area contributed by atoms with Gasteiger partial charge < -0.3 is 25.3 Å². The third-order valence-electron chi connectivity index (χ3n) is 5.45. The van der Waals surface area contributed by atoms with Crippen molar-refractivity contribution in [2.24, 2.45) is 10.1 Å². The number of ether oxygens (including phenoxy) is 1. The van der Waals surface area contributed by atoms with Gasteiger partial charge in [-0.15, -0.1) is 35.5 Å². The number of oxime groups is 1. The number of nitrogens with zero attached hydrogens (tertiary/aromatic N) is 5. The topological polar surface area (TPSA) is 146 Å². The number of esters is 1. The van der Waals surface area contributed by atoms with Gasteiger partial charge >= 0.3 is 5.97 Å². The van der Waals surface area contributed by atoms with E-state index in [0.717, 1.165) is 16.9 Å². The molecule has 4 heterocycles. The van der Waals surface area contributed by atoms with Gasteiger partial charge in [-0.2, -0.15) is 0 Å². The van der Waals surface area contributed by atoms with Crippen LogP contribution in [0.5, 0.6) is 0 Å². The fraction of sp³-hybridized carbons (Fsp3) is 0.440. The van der Waals surface area contributed by atoms with Crippen LogP contribution in [0.4, 0.5) is 5.13 Å². The number of nitrogen functional groups attached to an aromatic ring is 1. The van der Waals surface area contributed by atoms with E-state index in [0.29, 0.717) is 12.3 Å². The molecule has 2 aliphatic rings. The molecule has 210 valence electrons. The Bertz CT molecular complexity index is 1310. The van der Waals surface area contributed by atoms with E-state index in [4.69, 9.17) is 15.3 Å². The predicted molar refractivity (Wildman–Crippen MR) is 150 cm³/mol. The molecule has 1 amide bonds. The summed E-state index contributed by atoms with van der Waals surface area (Å²) >= 11 is 2.66. The van der Waals surface area contributed by atoms with E-state index in [1.54, 1.807) is 37.4 Å². The molecule has 2 atom stereocenters. The molecule has 2 unspecified atom stereocenters. The Morgan fingerprint density at radius 3 is 2.56 bits per heavy atom. The first-order valence-corrected chi connectivity index (χ1v) is 13.8. The van der Waals surface area contributed by atoms with Crippen molar-refractivity contribution in [3.8, 4) is 0 Å². The van der Waals surface area contributed by atoms with Crippen LogP contribution >= 0.6 is 35.5 Å². The smallest absolute Gasteiger partial charge is 0.353 e. The standard InChI is InChI=1S/C25H30N6O5S2.ClH/c1-24(2,3)35-22(34)25(4,5)36-29-17(16-14-38-23(26)27-16)19(32)28-18-20(33)31-12-15(13-37-21(18)31)11-30-9-7-6-8-10-30;/h6-10,12,14,18,21H,11,13H2,1-5H3,(H2-,26,27,28,32);1H/b29-17+;. The van der Waals surface area contributed by atoms with Crippen molar-refractivity contribution >= 4 is 64.1 Å². The minimum absolute atomic E-state index is 0. The second-order valence-corrected chi connectivity index (χ2v) is 12.3. The molecule has 1 fully saturated rings. The number of carbonyl (C=O) groups is 2. The van der Waals surface area contributed by atoms with Gasteiger partial charge in [0.1, 0.15) is 22.4 Å². The van der Waals surface area contributed by atoms with Gasteiger partial charge in [-0.1, -0.05) is 11.2 Å². The number of aliphatic imine (C=N–C) groups is 1. The molecule has 14 heteroatoms. The van der Waals surface area contributed by atoms with Crippen LogP contribution in [0, 0.1) is 0 Å². The molecule has 2 aromatic rings. The number of nitrogens with two attached hydrogens (primary N) is 1. The number of rotatable bonds is 8. The first kappa shape index (κ1) is 30.4. The van der Waals surface area contributed by atoms with Crippen molar-refractivity contribution < 1.29 is 28.8 Å². The molecule has 11 nitrogen and oxygen atoms in total. The number of hydrogen-bond donors (Lipinski definition) is 1. The summed E-state index contributed by atoms with van der Waals surface area (Å²) in [6.07, 6.45) is 5.76. The molecule has 0 spiro atoms. The number of hydrogen-bond acceptors (Lipinski definition) is 11. The summed E-state index contributed by atoms with van der Waals surface area (Å²) < 4.78 is 7.41. The third-order valence-corrected chi connectivity index (χ3v) is 7.49. The summed E-state index contributed by atoms with van der Waals surface area (Å²) in [6, 6.07) is 4.97. The summed E-state index contributed by atoms with van der Waals surface area (Å²) in [5, 5.41) is 18.6. The van der Waals surface area contributed by atoms with Crippen LogP contribution in [0.2, 0.25) is 0 Å². The number of amides is 1. The maximum absolute atomic E-state index is 13.2. The molecule has 0 radical (unpaired) electrons. The summed E-state index contributed by atoms with van der Waals surface area (Å²) in [5.41, 5.74) is 4.49. The fourth-order valence-electron chi connectivity index (χ4n) is 3.56. The average molecular weight is 595 g/mol. The molecule has 0 bridgehead atoms. The first-order chi connectivity index (χ1) is 17.8. The van der Waals surface area contributed by atoms with Crippen molar-refractivity contribution in [1.29, 1.82) is 0 Å². The van der Waals surface area contributed by atoms with E-state index in [1.807, 2.05) is 41.4 Å². The highest BCUT2D eigenvalue weighted by atomic mass is 35.5. The second kappa shape index (κ2) is 11.9. The monoisotopic (exact) mass is 594 g/mol. The van der Waals surface area contributed by atoms with Crippen LogP contribution in [0.1, 0.15) is 40.3 Å². The molecular weight excluding hydrogens is 564 g/mol. The van der Waals surface area contributed by atoms with Crippen LogP contribution in [0.3, 0.4) is 0 Å². The van der Waals surface area contributed by atoms with Crippen molar-refractivity contribution in [2.75, 3.05) is 11.5 Å². The zero-order valence-corrected chi connectivity index (χ0v) is 24.6. The van der Waals surface area contributed by atoms with Crippen LogP contribution in [-0.4, -0.2) is 61.7 Å². The summed E-state index contributed by atoms with van der Waals surface area (Å²) in [5.74, 6) is -1.02. The van der Waals surface area contributed by atoms with E-state index >= 15 is 0 Å². The zero-order chi connectivity index (χ0) is 27.7. The Morgan fingerprint density at radius 1 is 1.26 bits per heavy atom. The Balaban J connectivity index is 0.00000420. The number of halogens is 1. The molecule has 1 saturated heterocycles. The Morgan fingerprint density at radius 2 is 1.95 bits per heavy atom. The Labute approximate surface area is 241 Å². The number of thioether (sulfide) groups is 1. The van der Waals surface area contributed by atoms with Gasteiger partial charge in [0, 0.05) is 40.9 Å². The second-order valence-electron chi connectivity index (χ2n) is 10.3. The van der Waals surface area contributed by atoms with Gasteiger partial charge in [0.2, 0.25) is 5.60 Å².